The molecule has 2 rings (SSSR count). The molecule has 1 aliphatic rings. The molecule has 9 heteroatoms. The van der Waals surface area contributed by atoms with E-state index in [2.05, 4.69) is 4.98 Å². The number of carbonyl (C=O) groups excluding carboxylic acids is 2. The summed E-state index contributed by atoms with van der Waals surface area (Å²) in [6, 6.07) is 3.16. The molecular formula is C14H17F3N4O2. The molecule has 1 aromatic heterocycles. The minimum atomic E-state index is -4.59. The van der Waals surface area contributed by atoms with Gasteiger partial charge in [0.05, 0.1) is 11.8 Å². The summed E-state index contributed by atoms with van der Waals surface area (Å²) in [6.07, 6.45) is -3.18. The Balaban J connectivity index is 2.24. The van der Waals surface area contributed by atoms with Crippen molar-refractivity contribution in [2.75, 3.05) is 32.1 Å². The lowest BCUT2D eigenvalue weighted by Crippen LogP contribution is -2.37. The lowest BCUT2D eigenvalue weighted by atomic mass is 9.95. The van der Waals surface area contributed by atoms with Crippen LogP contribution in [0.2, 0.25) is 0 Å². The van der Waals surface area contributed by atoms with Crippen LogP contribution in [0.1, 0.15) is 10.5 Å². The molecule has 0 aromatic carbocycles. The maximum Gasteiger partial charge on any atom is 0.394 e. The van der Waals surface area contributed by atoms with Crippen LogP contribution in [0.15, 0.2) is 18.3 Å². The van der Waals surface area contributed by atoms with Gasteiger partial charge in [-0.25, -0.2) is 0 Å². The standard InChI is InChI=1S/C14H17F3N4O2/c1-20(2)8-3-4-19-11(5-8)13(23)21-6-9(12(18)22)10(7-21)14(15,16)17/h3-5,9-10H,6-7H2,1-2H3,(H2,18,22)/t9-,10-/m1/s1. The zero-order chi connectivity index (χ0) is 17.4. The molecule has 0 radical (unpaired) electrons. The van der Waals surface area contributed by atoms with Gasteiger partial charge in [-0.05, 0) is 12.1 Å². The zero-order valence-corrected chi connectivity index (χ0v) is 12.7. The Morgan fingerprint density at radius 2 is 2.00 bits per heavy atom. The van der Waals surface area contributed by atoms with Crippen molar-refractivity contribution in [3.8, 4) is 0 Å². The van der Waals surface area contributed by atoms with Crippen LogP contribution in [0.4, 0.5) is 18.9 Å². The van der Waals surface area contributed by atoms with Crippen LogP contribution in [0, 0.1) is 11.8 Å². The van der Waals surface area contributed by atoms with E-state index in [4.69, 9.17) is 5.73 Å². The van der Waals surface area contributed by atoms with Gasteiger partial charge in [-0.2, -0.15) is 13.2 Å². The molecule has 0 saturated carbocycles. The van der Waals surface area contributed by atoms with Crippen molar-refractivity contribution in [1.29, 1.82) is 0 Å². The van der Waals surface area contributed by atoms with Crippen molar-refractivity contribution in [3.05, 3.63) is 24.0 Å². The second kappa shape index (κ2) is 6.05. The average Bonchev–Trinajstić information content (AvgIpc) is 2.92. The van der Waals surface area contributed by atoms with Crippen LogP contribution in [-0.2, 0) is 4.79 Å². The van der Waals surface area contributed by atoms with E-state index in [1.54, 1.807) is 25.1 Å². The summed E-state index contributed by atoms with van der Waals surface area (Å²) in [7, 11) is 3.53. The Morgan fingerprint density at radius 1 is 1.35 bits per heavy atom. The van der Waals surface area contributed by atoms with Crippen LogP contribution in [0.3, 0.4) is 0 Å². The number of hydrogen-bond acceptors (Lipinski definition) is 4. The topological polar surface area (TPSA) is 79.5 Å². The van der Waals surface area contributed by atoms with Crippen LogP contribution >= 0.6 is 0 Å². The maximum absolute atomic E-state index is 13.0. The number of nitrogens with zero attached hydrogens (tertiary/aromatic N) is 3. The number of pyridine rings is 1. The molecule has 0 aliphatic carbocycles. The van der Waals surface area contributed by atoms with E-state index in [0.29, 0.717) is 5.69 Å². The summed E-state index contributed by atoms with van der Waals surface area (Å²) in [4.78, 5) is 30.3. The molecule has 0 unspecified atom stereocenters. The number of anilines is 1. The van der Waals surface area contributed by atoms with Crippen molar-refractivity contribution in [3.63, 3.8) is 0 Å². The summed E-state index contributed by atoms with van der Waals surface area (Å²) < 4.78 is 39.0. The van der Waals surface area contributed by atoms with Crippen molar-refractivity contribution in [1.82, 2.24) is 9.88 Å². The number of rotatable bonds is 3. The predicted molar refractivity (Wildman–Crippen MR) is 76.7 cm³/mol. The van der Waals surface area contributed by atoms with Gasteiger partial charge in [0, 0.05) is 39.1 Å². The van der Waals surface area contributed by atoms with E-state index < -0.39 is 36.4 Å². The maximum atomic E-state index is 13.0. The van der Waals surface area contributed by atoms with Gasteiger partial charge in [-0.15, -0.1) is 0 Å². The monoisotopic (exact) mass is 330 g/mol. The fourth-order valence-corrected chi connectivity index (χ4v) is 2.57. The van der Waals surface area contributed by atoms with Gasteiger partial charge < -0.3 is 15.5 Å². The van der Waals surface area contributed by atoms with E-state index in [1.807, 2.05) is 0 Å². The third kappa shape index (κ3) is 3.54. The highest BCUT2D eigenvalue weighted by Gasteiger charge is 2.52. The predicted octanol–water partition coefficient (Wildman–Crippen LogP) is 0.883. The molecule has 1 saturated heterocycles. The van der Waals surface area contributed by atoms with Crippen molar-refractivity contribution in [2.24, 2.45) is 17.6 Å². The second-order valence-corrected chi connectivity index (χ2v) is 5.66. The first-order chi connectivity index (χ1) is 10.6. The molecule has 2 atom stereocenters. The fraction of sp³-hybridized carbons (Fsp3) is 0.500. The minimum Gasteiger partial charge on any atom is -0.378 e. The molecule has 2 amide bonds. The Morgan fingerprint density at radius 3 is 2.48 bits per heavy atom. The number of alkyl halides is 3. The molecule has 0 spiro atoms. The Bertz CT molecular complexity index is 618. The summed E-state index contributed by atoms with van der Waals surface area (Å²) in [5.41, 5.74) is 5.78. The number of halogens is 3. The molecule has 2 N–H and O–H groups in total. The number of primary amides is 1. The SMILES string of the molecule is CN(C)c1ccnc(C(=O)N2C[C@@H](C(F)(F)F)[C@H](C(N)=O)C2)c1. The zero-order valence-electron chi connectivity index (χ0n) is 12.7. The Hall–Kier alpha value is -2.32. The lowest BCUT2D eigenvalue weighted by Gasteiger charge is -2.19. The number of carbonyl (C=O) groups is 2. The lowest BCUT2D eigenvalue weighted by molar-refractivity contribution is -0.182. The van der Waals surface area contributed by atoms with Gasteiger partial charge >= 0.3 is 6.18 Å². The van der Waals surface area contributed by atoms with Crippen LogP contribution in [-0.4, -0.2) is 55.1 Å². The first-order valence-electron chi connectivity index (χ1n) is 6.90. The van der Waals surface area contributed by atoms with Crippen molar-refractivity contribution < 1.29 is 22.8 Å². The highest BCUT2D eigenvalue weighted by atomic mass is 19.4. The third-order valence-corrected chi connectivity index (χ3v) is 3.87. The average molecular weight is 330 g/mol. The molecule has 6 nitrogen and oxygen atoms in total. The smallest absolute Gasteiger partial charge is 0.378 e. The van der Waals surface area contributed by atoms with Gasteiger partial charge in [0.1, 0.15) is 5.69 Å². The number of likely N-dealkylation sites (tertiary alicyclic amines) is 1. The highest BCUT2D eigenvalue weighted by Crippen LogP contribution is 2.37. The Labute approximate surface area is 131 Å². The third-order valence-electron chi connectivity index (χ3n) is 3.87. The minimum absolute atomic E-state index is 0.0299. The summed E-state index contributed by atoms with van der Waals surface area (Å²) in [5, 5.41) is 0. The molecule has 126 valence electrons. The molecule has 0 bridgehead atoms. The van der Waals surface area contributed by atoms with Crippen molar-refractivity contribution in [2.45, 2.75) is 6.18 Å². The highest BCUT2D eigenvalue weighted by molar-refractivity contribution is 5.94. The summed E-state index contributed by atoms with van der Waals surface area (Å²) in [6.45, 7) is -0.948. The van der Waals surface area contributed by atoms with Crippen LogP contribution < -0.4 is 10.6 Å². The molecule has 1 aliphatic heterocycles. The molecule has 1 fully saturated rings. The first kappa shape index (κ1) is 17.0. The van der Waals surface area contributed by atoms with E-state index in [0.717, 1.165) is 4.90 Å². The summed E-state index contributed by atoms with van der Waals surface area (Å²) >= 11 is 0. The number of nitrogens with two attached hydrogens (primary N) is 1. The van der Waals surface area contributed by atoms with E-state index in [1.165, 1.54) is 12.3 Å². The fourth-order valence-electron chi connectivity index (χ4n) is 2.57. The molecular weight excluding hydrogens is 313 g/mol. The molecule has 2 heterocycles. The molecule has 1 aromatic rings. The number of aromatic nitrogens is 1. The largest absolute Gasteiger partial charge is 0.394 e. The normalized spacial score (nSPS) is 21.3. The van der Waals surface area contributed by atoms with E-state index in [9.17, 15) is 22.8 Å². The van der Waals surface area contributed by atoms with Gasteiger partial charge in [0.25, 0.3) is 5.91 Å². The Kier molecular flexibility index (Phi) is 4.49. The van der Waals surface area contributed by atoms with Crippen LogP contribution in [0.25, 0.3) is 0 Å². The number of hydrogen-bond donors (Lipinski definition) is 1. The molecule has 23 heavy (non-hydrogen) atoms. The first-order valence-corrected chi connectivity index (χ1v) is 6.90. The van der Waals surface area contributed by atoms with Crippen LogP contribution in [0.5, 0.6) is 0 Å². The van der Waals surface area contributed by atoms with Crippen molar-refractivity contribution >= 4 is 17.5 Å². The van der Waals surface area contributed by atoms with Gasteiger partial charge in [-0.3, -0.25) is 14.6 Å². The van der Waals surface area contributed by atoms with E-state index >= 15 is 0 Å². The quantitative estimate of drug-likeness (QED) is 0.892. The number of amides is 2. The van der Waals surface area contributed by atoms with E-state index in [-0.39, 0.29) is 12.2 Å². The summed E-state index contributed by atoms with van der Waals surface area (Å²) in [5.74, 6) is -5.08. The van der Waals surface area contributed by atoms with Gasteiger partial charge in [-0.1, -0.05) is 0 Å². The van der Waals surface area contributed by atoms with Gasteiger partial charge in [0.2, 0.25) is 5.91 Å². The second-order valence-electron chi connectivity index (χ2n) is 5.66. The van der Waals surface area contributed by atoms with Gasteiger partial charge in [0.15, 0.2) is 0 Å².